The van der Waals surface area contributed by atoms with Crippen LogP contribution in [0.25, 0.3) is 0 Å². The van der Waals surface area contributed by atoms with Gasteiger partial charge in [0.25, 0.3) is 0 Å². The average Bonchev–Trinajstić information content (AvgIpc) is 2.20. The Morgan fingerprint density at radius 1 is 1.53 bits per heavy atom. The van der Waals surface area contributed by atoms with Crippen LogP contribution in [0, 0.1) is 3.57 Å². The summed E-state index contributed by atoms with van der Waals surface area (Å²) in [6.45, 7) is 2.73. The lowest BCUT2D eigenvalue weighted by atomic mass is 10.3. The van der Waals surface area contributed by atoms with E-state index in [4.69, 9.17) is 0 Å². The van der Waals surface area contributed by atoms with E-state index >= 15 is 0 Å². The van der Waals surface area contributed by atoms with E-state index in [1.165, 1.54) is 0 Å². The van der Waals surface area contributed by atoms with Crippen molar-refractivity contribution in [1.82, 2.24) is 9.97 Å². The molecule has 2 atom stereocenters. The highest BCUT2D eigenvalue weighted by molar-refractivity contribution is 14.1. The minimum Gasteiger partial charge on any atom is -0.354 e. The van der Waals surface area contributed by atoms with Gasteiger partial charge in [-0.1, -0.05) is 6.92 Å². The van der Waals surface area contributed by atoms with Crippen molar-refractivity contribution < 1.29 is 4.21 Å². The molecule has 1 rings (SSSR count). The number of nitrogens with zero attached hydrogens (tertiary/aromatic N) is 2. The summed E-state index contributed by atoms with van der Waals surface area (Å²) in [6.07, 6.45) is 6.11. The summed E-state index contributed by atoms with van der Waals surface area (Å²) in [7, 11) is -0.754. The van der Waals surface area contributed by atoms with Gasteiger partial charge in [-0.15, -0.1) is 0 Å². The molecule has 0 amide bonds. The van der Waals surface area contributed by atoms with E-state index in [0.717, 1.165) is 16.5 Å². The van der Waals surface area contributed by atoms with E-state index < -0.39 is 10.8 Å². The first-order valence-electron chi connectivity index (χ1n) is 4.63. The summed E-state index contributed by atoms with van der Waals surface area (Å²) >= 11 is 2.16. The first kappa shape index (κ1) is 12.8. The van der Waals surface area contributed by atoms with Gasteiger partial charge in [-0.25, -0.2) is 9.97 Å². The monoisotopic (exact) mass is 339 g/mol. The van der Waals surface area contributed by atoms with Gasteiger partial charge >= 0.3 is 0 Å². The zero-order valence-corrected chi connectivity index (χ0v) is 11.7. The van der Waals surface area contributed by atoms with Crippen LogP contribution in [-0.2, 0) is 10.8 Å². The van der Waals surface area contributed by atoms with Crippen LogP contribution in [0.1, 0.15) is 13.3 Å². The van der Waals surface area contributed by atoms with Crippen molar-refractivity contribution in [3.63, 3.8) is 0 Å². The maximum absolute atomic E-state index is 11.1. The molecule has 1 N–H and O–H groups in total. The van der Waals surface area contributed by atoms with E-state index in [2.05, 4.69) is 37.9 Å². The van der Waals surface area contributed by atoms with Crippen molar-refractivity contribution >= 4 is 39.3 Å². The van der Waals surface area contributed by atoms with Gasteiger partial charge < -0.3 is 5.32 Å². The molecule has 0 aliphatic carbocycles. The van der Waals surface area contributed by atoms with Gasteiger partial charge in [0.2, 0.25) is 5.95 Å². The van der Waals surface area contributed by atoms with Gasteiger partial charge in [0, 0.05) is 44.8 Å². The smallest absolute Gasteiger partial charge is 0.222 e. The summed E-state index contributed by atoms with van der Waals surface area (Å²) in [6, 6.07) is 0. The summed E-state index contributed by atoms with van der Waals surface area (Å²) in [5.74, 6) is 0.629. The zero-order valence-electron chi connectivity index (χ0n) is 8.74. The van der Waals surface area contributed by atoms with Crippen LogP contribution in [0.15, 0.2) is 12.4 Å². The average molecular weight is 339 g/mol. The second-order valence-electron chi connectivity index (χ2n) is 3.25. The molecule has 1 aromatic heterocycles. The molecule has 0 radical (unpaired) electrons. The van der Waals surface area contributed by atoms with Crippen LogP contribution in [0.5, 0.6) is 0 Å². The number of hydrogen-bond acceptors (Lipinski definition) is 4. The predicted molar refractivity (Wildman–Crippen MR) is 71.4 cm³/mol. The lowest BCUT2D eigenvalue weighted by Crippen LogP contribution is -2.15. The van der Waals surface area contributed by atoms with Gasteiger partial charge in [-0.05, 0) is 29.0 Å². The first-order valence-corrected chi connectivity index (χ1v) is 7.33. The van der Waals surface area contributed by atoms with Gasteiger partial charge in [-0.3, -0.25) is 4.21 Å². The quantitative estimate of drug-likeness (QED) is 0.829. The van der Waals surface area contributed by atoms with E-state index in [-0.39, 0.29) is 5.25 Å². The standard InChI is InChI=1S/C9H14IN3OS/c1-7(15(2)14)3-4-11-9-12-5-8(10)6-13-9/h5-7H,3-4H2,1-2H3,(H,11,12,13). The van der Waals surface area contributed by atoms with Crippen LogP contribution in [-0.4, -0.2) is 32.2 Å². The van der Waals surface area contributed by atoms with Crippen molar-refractivity contribution in [3.05, 3.63) is 16.0 Å². The number of anilines is 1. The third kappa shape index (κ3) is 4.87. The second-order valence-corrected chi connectivity index (χ2v) is 6.30. The molecule has 0 saturated heterocycles. The summed E-state index contributed by atoms with van der Waals surface area (Å²) in [4.78, 5) is 8.23. The fourth-order valence-electron chi connectivity index (χ4n) is 0.957. The maximum atomic E-state index is 11.1. The Hall–Kier alpha value is -0.240. The highest BCUT2D eigenvalue weighted by Gasteiger charge is 2.05. The fraction of sp³-hybridized carbons (Fsp3) is 0.556. The van der Waals surface area contributed by atoms with Gasteiger partial charge in [-0.2, -0.15) is 0 Å². The topological polar surface area (TPSA) is 54.9 Å². The molecule has 0 saturated carbocycles. The van der Waals surface area contributed by atoms with Crippen LogP contribution in [0.3, 0.4) is 0 Å². The molecule has 0 aromatic carbocycles. The molecule has 6 heteroatoms. The lowest BCUT2D eigenvalue weighted by Gasteiger charge is -2.08. The Morgan fingerprint density at radius 3 is 2.67 bits per heavy atom. The Bertz CT molecular complexity index is 331. The normalized spacial score (nSPS) is 14.6. The molecule has 84 valence electrons. The lowest BCUT2D eigenvalue weighted by molar-refractivity contribution is 0.672. The summed E-state index contributed by atoms with van der Waals surface area (Å²) < 4.78 is 12.1. The van der Waals surface area contributed by atoms with Gasteiger partial charge in [0.15, 0.2) is 0 Å². The van der Waals surface area contributed by atoms with Crippen LogP contribution < -0.4 is 5.32 Å². The molecule has 1 aromatic rings. The molecule has 4 nitrogen and oxygen atoms in total. The number of halogens is 1. The molecule has 2 unspecified atom stereocenters. The minimum atomic E-state index is -0.754. The molecule has 0 bridgehead atoms. The highest BCUT2D eigenvalue weighted by Crippen LogP contribution is 2.04. The Balaban J connectivity index is 2.32. The van der Waals surface area contributed by atoms with Crippen molar-refractivity contribution in [2.75, 3.05) is 18.1 Å². The number of nitrogens with one attached hydrogen (secondary N) is 1. The molecular weight excluding hydrogens is 325 g/mol. The Labute approximate surface area is 106 Å². The maximum Gasteiger partial charge on any atom is 0.222 e. The largest absolute Gasteiger partial charge is 0.354 e. The van der Waals surface area contributed by atoms with Crippen molar-refractivity contribution in [2.45, 2.75) is 18.6 Å². The fourth-order valence-corrected chi connectivity index (χ4v) is 1.69. The van der Waals surface area contributed by atoms with E-state index in [0.29, 0.717) is 5.95 Å². The van der Waals surface area contributed by atoms with Crippen molar-refractivity contribution in [3.8, 4) is 0 Å². The number of hydrogen-bond donors (Lipinski definition) is 1. The van der Waals surface area contributed by atoms with Crippen LogP contribution in [0.4, 0.5) is 5.95 Å². The molecule has 0 fully saturated rings. The third-order valence-corrected chi connectivity index (χ3v) is 3.95. The summed E-state index contributed by atoms with van der Waals surface area (Å²) in [5, 5.41) is 3.31. The Morgan fingerprint density at radius 2 is 2.13 bits per heavy atom. The number of rotatable bonds is 5. The predicted octanol–water partition coefficient (Wildman–Crippen LogP) is 1.65. The molecule has 0 aliphatic heterocycles. The van der Waals surface area contributed by atoms with E-state index in [1.807, 2.05) is 6.92 Å². The highest BCUT2D eigenvalue weighted by atomic mass is 127. The van der Waals surface area contributed by atoms with Crippen molar-refractivity contribution in [1.29, 1.82) is 0 Å². The summed E-state index contributed by atoms with van der Waals surface area (Å²) in [5.41, 5.74) is 0. The molecule has 15 heavy (non-hydrogen) atoms. The van der Waals surface area contributed by atoms with Gasteiger partial charge in [0.1, 0.15) is 0 Å². The zero-order chi connectivity index (χ0) is 11.3. The second kappa shape index (κ2) is 6.37. The molecule has 1 heterocycles. The molecule has 0 spiro atoms. The minimum absolute atomic E-state index is 0.210. The van der Waals surface area contributed by atoms with Crippen LogP contribution in [0.2, 0.25) is 0 Å². The van der Waals surface area contributed by atoms with E-state index in [1.54, 1.807) is 18.6 Å². The van der Waals surface area contributed by atoms with Crippen molar-refractivity contribution in [2.24, 2.45) is 0 Å². The SMILES string of the molecule is CC(CCNc1ncc(I)cn1)S(C)=O. The molecule has 0 aliphatic rings. The van der Waals surface area contributed by atoms with E-state index in [9.17, 15) is 4.21 Å². The Kier molecular flexibility index (Phi) is 5.44. The van der Waals surface area contributed by atoms with Gasteiger partial charge in [0.05, 0.1) is 0 Å². The number of aromatic nitrogens is 2. The van der Waals surface area contributed by atoms with Crippen LogP contribution >= 0.6 is 22.6 Å². The third-order valence-electron chi connectivity index (χ3n) is 2.02. The first-order chi connectivity index (χ1) is 7.09. The molecular formula is C9H14IN3OS.